The Morgan fingerprint density at radius 3 is 2.83 bits per heavy atom. The lowest BCUT2D eigenvalue weighted by Gasteiger charge is -2.24. The molecule has 0 radical (unpaired) electrons. The number of hydrogen-bond donors (Lipinski definition) is 2. The highest BCUT2D eigenvalue weighted by molar-refractivity contribution is 5.97. The van der Waals surface area contributed by atoms with Crippen molar-refractivity contribution in [3.63, 3.8) is 0 Å². The molecule has 0 spiro atoms. The Kier molecular flexibility index (Phi) is 5.08. The van der Waals surface area contributed by atoms with Gasteiger partial charge in [0.25, 0.3) is 5.91 Å². The second kappa shape index (κ2) is 7.42. The molecule has 0 aliphatic carbocycles. The van der Waals surface area contributed by atoms with Crippen molar-refractivity contribution in [3.05, 3.63) is 47.5 Å². The molecule has 0 saturated carbocycles. The quantitative estimate of drug-likeness (QED) is 0.824. The van der Waals surface area contributed by atoms with Crippen molar-refractivity contribution in [2.45, 2.75) is 25.3 Å². The van der Waals surface area contributed by atoms with E-state index in [9.17, 15) is 9.59 Å². The molecular weight excluding hydrogens is 290 g/mol. The molecule has 1 atom stereocenters. The Bertz CT molecular complexity index is 598. The van der Waals surface area contributed by atoms with Gasteiger partial charge in [0.2, 0.25) is 5.91 Å². The Morgan fingerprint density at radius 1 is 1.26 bits per heavy atom. The normalized spacial score (nSPS) is 21.0. The molecule has 2 N–H and O–H groups in total. The van der Waals surface area contributed by atoms with Crippen molar-refractivity contribution in [1.82, 2.24) is 15.5 Å². The first kappa shape index (κ1) is 15.7. The van der Waals surface area contributed by atoms with Crippen LogP contribution in [0.3, 0.4) is 0 Å². The van der Waals surface area contributed by atoms with Crippen LogP contribution in [-0.4, -0.2) is 48.9 Å². The van der Waals surface area contributed by atoms with Gasteiger partial charge in [-0.2, -0.15) is 0 Å². The van der Waals surface area contributed by atoms with Gasteiger partial charge in [-0.15, -0.1) is 0 Å². The summed E-state index contributed by atoms with van der Waals surface area (Å²) in [6, 6.07) is 8.84. The SMILES string of the molecule is O=C(NCC1=CCNCC1)C1CCCN1C(=O)c1ccccc1. The van der Waals surface area contributed by atoms with Crippen LogP contribution in [0.15, 0.2) is 42.0 Å². The maximum Gasteiger partial charge on any atom is 0.254 e. The van der Waals surface area contributed by atoms with Gasteiger partial charge in [0, 0.05) is 25.2 Å². The molecule has 0 bridgehead atoms. The van der Waals surface area contributed by atoms with E-state index in [1.165, 1.54) is 5.57 Å². The second-order valence-corrected chi connectivity index (χ2v) is 6.06. The summed E-state index contributed by atoms with van der Waals surface area (Å²) >= 11 is 0. The van der Waals surface area contributed by atoms with Gasteiger partial charge >= 0.3 is 0 Å². The maximum atomic E-state index is 12.6. The molecule has 5 nitrogen and oxygen atoms in total. The van der Waals surface area contributed by atoms with E-state index >= 15 is 0 Å². The summed E-state index contributed by atoms with van der Waals surface area (Å²) in [7, 11) is 0. The number of carbonyl (C=O) groups is 2. The van der Waals surface area contributed by atoms with Crippen LogP contribution in [0.2, 0.25) is 0 Å². The smallest absolute Gasteiger partial charge is 0.254 e. The maximum absolute atomic E-state index is 12.6. The largest absolute Gasteiger partial charge is 0.351 e. The van der Waals surface area contributed by atoms with Crippen molar-refractivity contribution in [2.75, 3.05) is 26.2 Å². The first-order chi connectivity index (χ1) is 11.3. The van der Waals surface area contributed by atoms with Gasteiger partial charge in [-0.1, -0.05) is 29.8 Å². The Labute approximate surface area is 136 Å². The van der Waals surface area contributed by atoms with E-state index in [4.69, 9.17) is 0 Å². The zero-order chi connectivity index (χ0) is 16.1. The van der Waals surface area contributed by atoms with Crippen LogP contribution in [0.1, 0.15) is 29.6 Å². The number of rotatable bonds is 4. The molecular formula is C18H23N3O2. The summed E-state index contributed by atoms with van der Waals surface area (Å²) < 4.78 is 0. The third kappa shape index (κ3) is 3.79. The molecule has 2 heterocycles. The van der Waals surface area contributed by atoms with Gasteiger partial charge in [0.15, 0.2) is 0 Å². The Hall–Kier alpha value is -2.14. The van der Waals surface area contributed by atoms with Crippen molar-refractivity contribution in [1.29, 1.82) is 0 Å². The number of hydrogen-bond acceptors (Lipinski definition) is 3. The molecule has 1 aromatic carbocycles. The molecule has 1 aromatic rings. The molecule has 2 aliphatic rings. The predicted molar refractivity (Wildman–Crippen MR) is 89.1 cm³/mol. The van der Waals surface area contributed by atoms with Crippen molar-refractivity contribution in [3.8, 4) is 0 Å². The van der Waals surface area contributed by atoms with E-state index in [0.717, 1.165) is 32.4 Å². The summed E-state index contributed by atoms with van der Waals surface area (Å²) in [5.74, 6) is -0.0875. The predicted octanol–water partition coefficient (Wildman–Crippen LogP) is 1.33. The molecule has 1 unspecified atom stereocenters. The summed E-state index contributed by atoms with van der Waals surface area (Å²) in [6.07, 6.45) is 4.72. The Morgan fingerprint density at radius 2 is 2.09 bits per heavy atom. The fourth-order valence-corrected chi connectivity index (χ4v) is 3.18. The van der Waals surface area contributed by atoms with Crippen LogP contribution >= 0.6 is 0 Å². The van der Waals surface area contributed by atoms with E-state index in [-0.39, 0.29) is 17.9 Å². The van der Waals surface area contributed by atoms with E-state index in [2.05, 4.69) is 16.7 Å². The molecule has 0 aromatic heterocycles. The van der Waals surface area contributed by atoms with Crippen LogP contribution in [0.5, 0.6) is 0 Å². The van der Waals surface area contributed by atoms with Crippen molar-refractivity contribution in [2.24, 2.45) is 0 Å². The molecule has 5 heteroatoms. The van der Waals surface area contributed by atoms with Crippen LogP contribution in [0.4, 0.5) is 0 Å². The monoisotopic (exact) mass is 313 g/mol. The van der Waals surface area contributed by atoms with Crippen molar-refractivity contribution < 1.29 is 9.59 Å². The zero-order valence-corrected chi connectivity index (χ0v) is 13.3. The minimum absolute atomic E-state index is 0.0359. The van der Waals surface area contributed by atoms with Gasteiger partial charge in [0.05, 0.1) is 0 Å². The fraction of sp³-hybridized carbons (Fsp3) is 0.444. The fourth-order valence-electron chi connectivity index (χ4n) is 3.18. The van der Waals surface area contributed by atoms with E-state index in [1.807, 2.05) is 18.2 Å². The van der Waals surface area contributed by atoms with E-state index in [1.54, 1.807) is 17.0 Å². The average Bonchev–Trinajstić information content (AvgIpc) is 3.10. The van der Waals surface area contributed by atoms with Gasteiger partial charge in [-0.05, 0) is 37.9 Å². The first-order valence-corrected chi connectivity index (χ1v) is 8.28. The summed E-state index contributed by atoms with van der Waals surface area (Å²) in [4.78, 5) is 26.8. The standard InChI is InChI=1S/C18H23N3O2/c22-17(20-13-14-8-10-19-11-9-14)16-7-4-12-21(16)18(23)15-5-2-1-3-6-15/h1-3,5-6,8,16,19H,4,7,9-13H2,(H,20,22). The molecule has 122 valence electrons. The van der Waals surface area contributed by atoms with Gasteiger partial charge < -0.3 is 15.5 Å². The highest BCUT2D eigenvalue weighted by Crippen LogP contribution is 2.20. The first-order valence-electron chi connectivity index (χ1n) is 8.28. The zero-order valence-electron chi connectivity index (χ0n) is 13.3. The molecule has 1 fully saturated rings. The highest BCUT2D eigenvalue weighted by atomic mass is 16.2. The minimum Gasteiger partial charge on any atom is -0.351 e. The summed E-state index contributed by atoms with van der Waals surface area (Å²) in [5, 5.41) is 6.26. The van der Waals surface area contributed by atoms with Crippen LogP contribution in [-0.2, 0) is 4.79 Å². The topological polar surface area (TPSA) is 61.4 Å². The summed E-state index contributed by atoms with van der Waals surface area (Å²) in [5.41, 5.74) is 1.91. The average molecular weight is 313 g/mol. The molecule has 23 heavy (non-hydrogen) atoms. The number of amides is 2. The number of nitrogens with zero attached hydrogens (tertiary/aromatic N) is 1. The number of nitrogens with one attached hydrogen (secondary N) is 2. The third-order valence-electron chi connectivity index (χ3n) is 4.48. The van der Waals surface area contributed by atoms with Crippen LogP contribution in [0, 0.1) is 0 Å². The lowest BCUT2D eigenvalue weighted by atomic mass is 10.1. The van der Waals surface area contributed by atoms with Gasteiger partial charge in [-0.3, -0.25) is 9.59 Å². The molecule has 2 aliphatic heterocycles. The van der Waals surface area contributed by atoms with Crippen LogP contribution in [0.25, 0.3) is 0 Å². The van der Waals surface area contributed by atoms with Gasteiger partial charge in [0.1, 0.15) is 6.04 Å². The van der Waals surface area contributed by atoms with E-state index < -0.39 is 0 Å². The number of benzene rings is 1. The third-order valence-corrected chi connectivity index (χ3v) is 4.48. The molecule has 1 saturated heterocycles. The highest BCUT2D eigenvalue weighted by Gasteiger charge is 2.34. The molecule has 2 amide bonds. The lowest BCUT2D eigenvalue weighted by Crippen LogP contribution is -2.46. The van der Waals surface area contributed by atoms with E-state index in [0.29, 0.717) is 18.7 Å². The number of likely N-dealkylation sites (tertiary alicyclic amines) is 1. The summed E-state index contributed by atoms with van der Waals surface area (Å²) in [6.45, 7) is 3.07. The minimum atomic E-state index is -0.343. The van der Waals surface area contributed by atoms with Crippen molar-refractivity contribution >= 4 is 11.8 Å². The second-order valence-electron chi connectivity index (χ2n) is 6.06. The lowest BCUT2D eigenvalue weighted by molar-refractivity contribution is -0.124. The van der Waals surface area contributed by atoms with Crippen LogP contribution < -0.4 is 10.6 Å². The molecule has 3 rings (SSSR count). The Balaban J connectivity index is 1.60. The number of carbonyl (C=O) groups excluding carboxylic acids is 2. The van der Waals surface area contributed by atoms with Gasteiger partial charge in [-0.25, -0.2) is 0 Å².